The number of nitrogens with one attached hydrogen (secondary N) is 12. The van der Waals surface area contributed by atoms with Crippen molar-refractivity contribution < 1.29 is 68.1 Å². The second-order valence-electron chi connectivity index (χ2n) is 25.7. The lowest BCUT2D eigenvalue weighted by molar-refractivity contribution is -0.142. The number of aromatic hydroxyl groups is 2. The molecule has 29 nitrogen and oxygen atoms in total. The van der Waals surface area contributed by atoms with Crippen LogP contribution in [0.3, 0.4) is 0 Å². The van der Waals surface area contributed by atoms with Crippen LogP contribution in [0.4, 0.5) is 0 Å². The second-order valence-corrected chi connectivity index (χ2v) is 25.7. The van der Waals surface area contributed by atoms with Crippen LogP contribution < -0.4 is 53.6 Å². The van der Waals surface area contributed by atoms with Crippen molar-refractivity contribution in [2.24, 2.45) is 5.73 Å². The Bertz CT molecular complexity index is 4600. The minimum atomic E-state index is -1.82. The first-order valence-corrected chi connectivity index (χ1v) is 33.7. The Labute approximate surface area is 589 Å². The molecule has 29 heteroatoms. The van der Waals surface area contributed by atoms with Gasteiger partial charge in [0.05, 0.1) is 25.2 Å². The highest BCUT2D eigenvalue weighted by Gasteiger charge is 2.41. The van der Waals surface area contributed by atoms with Gasteiger partial charge in [0.2, 0.25) is 65.0 Å². The SMILES string of the molecule is NC(=O)CNC(=O)[C@@H]1CCCN1C(=O)[C@H](Cc1ccc(O)cc1)NC(=O)[C@H](Cc1c[nH]c2ccccc12)NC(=O)[C@@H](Cc1ccc2ccccc2c1)NC(=O)[C@H](Cc1ccc(O)cc1)NC(=O)[C@H](CO)NC(=O)[C@H](Cc1c[nH]c2ccccc12)NC(=O)[C@H](Cc1c[nH]cn1)NC(=O)[C@@H]1CCC(=O)N1. The maximum absolute atomic E-state index is 15.6. The number of nitrogens with zero attached hydrogens (tertiary/aromatic N) is 2. The summed E-state index contributed by atoms with van der Waals surface area (Å²) < 4.78 is 0. The number of imidazole rings is 1. The molecule has 5 heterocycles. The number of hydrogen-bond acceptors (Lipinski definition) is 15. The number of carbonyl (C=O) groups is 11. The van der Waals surface area contributed by atoms with Crippen molar-refractivity contribution in [3.63, 3.8) is 0 Å². The van der Waals surface area contributed by atoms with Gasteiger partial charge in [0.15, 0.2) is 0 Å². The number of aliphatic hydroxyl groups is 1. The minimum absolute atomic E-state index is 0.0662. The van der Waals surface area contributed by atoms with Crippen molar-refractivity contribution in [3.8, 4) is 11.5 Å². The molecule has 0 saturated carbocycles. The molecule has 534 valence electrons. The van der Waals surface area contributed by atoms with E-state index < -0.39 is 127 Å². The fraction of sp³-hybridized carbons (Fsp3) is 0.297. The predicted molar refractivity (Wildman–Crippen MR) is 376 cm³/mol. The number of aromatic nitrogens is 4. The van der Waals surface area contributed by atoms with Gasteiger partial charge >= 0.3 is 0 Å². The molecule has 0 radical (unpaired) electrons. The smallest absolute Gasteiger partial charge is 0.246 e. The molecule has 2 aliphatic rings. The molecule has 3 aromatic heterocycles. The Kier molecular flexibility index (Phi) is 23.2. The first-order valence-electron chi connectivity index (χ1n) is 33.7. The number of aliphatic hydroxyl groups excluding tert-OH is 1. The summed E-state index contributed by atoms with van der Waals surface area (Å²) in [5, 5.41) is 58.9. The molecule has 2 fully saturated rings. The lowest BCUT2D eigenvalue weighted by Gasteiger charge is -2.30. The van der Waals surface area contributed by atoms with Crippen molar-refractivity contribution in [1.29, 1.82) is 0 Å². The van der Waals surface area contributed by atoms with E-state index in [9.17, 15) is 53.7 Å². The molecule has 11 rings (SSSR count). The number of rotatable bonds is 31. The second kappa shape index (κ2) is 33.2. The summed E-state index contributed by atoms with van der Waals surface area (Å²) in [4.78, 5) is 171. The van der Waals surface area contributed by atoms with Crippen molar-refractivity contribution in [2.45, 2.75) is 119 Å². The number of hydrogen-bond donors (Lipinski definition) is 16. The topological polar surface area (TPSA) is 446 Å². The molecule has 9 atom stereocenters. The van der Waals surface area contributed by atoms with Gasteiger partial charge in [-0.2, -0.15) is 0 Å². The molecule has 103 heavy (non-hydrogen) atoms. The normalized spacial score (nSPS) is 16.2. The zero-order valence-corrected chi connectivity index (χ0v) is 55.8. The number of benzene rings is 6. The number of carbonyl (C=O) groups excluding carboxylic acids is 11. The zero-order valence-electron chi connectivity index (χ0n) is 55.8. The molecule has 0 spiro atoms. The summed E-state index contributed by atoms with van der Waals surface area (Å²) in [7, 11) is 0. The number of fused-ring (bicyclic) bond motifs is 3. The highest BCUT2D eigenvalue weighted by atomic mass is 16.3. The van der Waals surface area contributed by atoms with E-state index in [1.807, 2.05) is 54.6 Å². The molecule has 11 amide bonds. The Hall–Kier alpha value is -12.4. The number of aromatic amines is 3. The molecule has 2 aliphatic heterocycles. The number of likely N-dealkylation sites (tertiary alicyclic amines) is 1. The molecule has 2 saturated heterocycles. The summed E-state index contributed by atoms with van der Waals surface area (Å²) in [5.41, 5.74) is 9.68. The Morgan fingerprint density at radius 3 is 1.51 bits per heavy atom. The van der Waals surface area contributed by atoms with Gasteiger partial charge in [-0.25, -0.2) is 4.98 Å². The Morgan fingerprint density at radius 1 is 0.515 bits per heavy atom. The molecule has 0 unspecified atom stereocenters. The third-order valence-electron chi connectivity index (χ3n) is 18.4. The van der Waals surface area contributed by atoms with Gasteiger partial charge in [-0.1, -0.05) is 103 Å². The third-order valence-corrected chi connectivity index (χ3v) is 18.4. The van der Waals surface area contributed by atoms with Gasteiger partial charge in [0.1, 0.15) is 65.9 Å². The van der Waals surface area contributed by atoms with Crippen LogP contribution in [0.5, 0.6) is 11.5 Å². The molecular formula is C74H79N15O14. The predicted octanol–water partition coefficient (Wildman–Crippen LogP) is 0.950. The number of H-pyrrole nitrogens is 3. The van der Waals surface area contributed by atoms with Crippen LogP contribution in [0.1, 0.15) is 59.2 Å². The fourth-order valence-electron chi connectivity index (χ4n) is 12.9. The van der Waals surface area contributed by atoms with E-state index in [2.05, 4.69) is 67.8 Å². The summed E-state index contributed by atoms with van der Waals surface area (Å²) in [5.74, 6) is -8.90. The van der Waals surface area contributed by atoms with Crippen molar-refractivity contribution in [2.75, 3.05) is 19.7 Å². The summed E-state index contributed by atoms with van der Waals surface area (Å²) >= 11 is 0. The van der Waals surface area contributed by atoms with E-state index in [1.165, 1.54) is 53.8 Å². The van der Waals surface area contributed by atoms with Gasteiger partial charge < -0.3 is 88.8 Å². The lowest BCUT2D eigenvalue weighted by Crippen LogP contribution is -2.62. The highest BCUT2D eigenvalue weighted by Crippen LogP contribution is 2.25. The molecular weight excluding hydrogens is 1320 g/mol. The molecule has 9 aromatic rings. The summed E-state index contributed by atoms with van der Waals surface area (Å²) in [6.45, 7) is -1.42. The maximum Gasteiger partial charge on any atom is 0.246 e. The standard InChI is InChI=1S/C74H79N15O14/c75-64(93)38-79-73(102)63-14-7-27-89(63)74(103)61(30-42-18-23-50(92)24-19-42)87-69(98)58(32-46-35-77-53-12-5-3-10-51(46)53)84-68(97)57(31-43-15-20-44-8-1-2-9-45(44)28-43)82-67(96)56(29-41-16-21-49(91)22-17-41)83-72(101)62(39-90)88-70(99)59(33-47-36-78-54-13-6-4-11-52(47)54)85-71(100)60(34-48-37-76-40-80-48)86-66(95)55-25-26-65(94)81-55/h1-6,8-13,15-24,28,35-37,40,55-63,77-78,90-92H,7,14,25-27,29-34,38-39H2,(H2,75,93)(H,76,80)(H,79,102)(H,81,94)(H,82,96)(H,83,101)(H,84,97)(H,85,100)(H,86,95)(H,87,98)(H,88,99)/t55-,56-,57+,58-,59-,60-,61-,62-,63-/m0/s1. The third kappa shape index (κ3) is 18.5. The zero-order chi connectivity index (χ0) is 72.7. The van der Waals surface area contributed by atoms with E-state index >= 15 is 14.4 Å². The van der Waals surface area contributed by atoms with Crippen molar-refractivity contribution in [1.82, 2.24) is 72.7 Å². The van der Waals surface area contributed by atoms with Crippen molar-refractivity contribution in [3.05, 3.63) is 198 Å². The molecule has 0 bridgehead atoms. The maximum atomic E-state index is 15.6. The highest BCUT2D eigenvalue weighted by molar-refractivity contribution is 6.00. The van der Waals surface area contributed by atoms with Crippen LogP contribution in [0.15, 0.2) is 164 Å². The quantitative estimate of drug-likeness (QED) is 0.0288. The number of primary amides is 1. The van der Waals surface area contributed by atoms with E-state index in [4.69, 9.17) is 5.73 Å². The molecule has 6 aromatic carbocycles. The Morgan fingerprint density at radius 2 is 0.990 bits per heavy atom. The van der Waals surface area contributed by atoms with E-state index in [0.29, 0.717) is 61.7 Å². The summed E-state index contributed by atoms with van der Waals surface area (Å²) in [6, 6.07) is 26.1. The largest absolute Gasteiger partial charge is 0.508 e. The number of nitrogens with two attached hydrogens (primary N) is 1. The van der Waals surface area contributed by atoms with Crippen molar-refractivity contribution >= 4 is 97.6 Å². The minimum Gasteiger partial charge on any atom is -0.508 e. The first-order chi connectivity index (χ1) is 49.7. The van der Waals surface area contributed by atoms with E-state index in [1.54, 1.807) is 60.9 Å². The van der Waals surface area contributed by atoms with Crippen LogP contribution in [0.25, 0.3) is 32.6 Å². The van der Waals surface area contributed by atoms with Gasteiger partial charge in [-0.05, 0) is 94.3 Å². The lowest BCUT2D eigenvalue weighted by atomic mass is 9.98. The number of para-hydroxylation sites is 2. The van der Waals surface area contributed by atoms with Crippen LogP contribution in [-0.4, -0.2) is 179 Å². The molecule has 0 aliphatic carbocycles. The van der Waals surface area contributed by atoms with Gasteiger partial charge in [0, 0.05) is 91.9 Å². The van der Waals surface area contributed by atoms with E-state index in [0.717, 1.165) is 10.8 Å². The average Bonchev–Trinajstić information content (AvgIpc) is 1.80. The van der Waals surface area contributed by atoms with Crippen LogP contribution in [0.2, 0.25) is 0 Å². The van der Waals surface area contributed by atoms with Crippen LogP contribution in [-0.2, 0) is 91.3 Å². The monoisotopic (exact) mass is 1400 g/mol. The average molecular weight is 1400 g/mol. The summed E-state index contributed by atoms with van der Waals surface area (Å²) in [6.07, 6.45) is 5.90. The number of amides is 11. The Balaban J connectivity index is 0.885. The van der Waals surface area contributed by atoms with Crippen LogP contribution >= 0.6 is 0 Å². The number of phenols is 2. The van der Waals surface area contributed by atoms with Gasteiger partial charge in [-0.15, -0.1) is 0 Å². The first kappa shape index (κ1) is 71.9. The van der Waals surface area contributed by atoms with Gasteiger partial charge in [-0.3, -0.25) is 52.7 Å². The fourth-order valence-corrected chi connectivity index (χ4v) is 12.9. The number of phenolic OH excluding ortho intramolecular Hbond substituents is 2. The van der Waals surface area contributed by atoms with Gasteiger partial charge in [0.25, 0.3) is 0 Å². The van der Waals surface area contributed by atoms with E-state index in [-0.39, 0.29) is 81.7 Å². The van der Waals surface area contributed by atoms with Crippen LogP contribution in [0, 0.1) is 0 Å². The molecule has 17 N–H and O–H groups in total.